The van der Waals surface area contributed by atoms with Crippen LogP contribution in [-0.4, -0.2) is 10.2 Å². The number of hydrogen-bond acceptors (Lipinski definition) is 4. The summed E-state index contributed by atoms with van der Waals surface area (Å²) in [6, 6.07) is 9.99. The minimum atomic E-state index is 0. The number of aromatic nitrogens is 1. The van der Waals surface area contributed by atoms with Gasteiger partial charge in [-0.3, -0.25) is 10.4 Å². The lowest BCUT2D eigenvalue weighted by atomic mass is 10.0. The molecular weight excluding hydrogens is 280 g/mol. The summed E-state index contributed by atoms with van der Waals surface area (Å²) in [5.74, 6) is 0.596. The molecule has 1 aromatic carbocycles. The Morgan fingerprint density at radius 1 is 1.42 bits per heavy atom. The highest BCUT2D eigenvalue weighted by molar-refractivity contribution is 8.13. The molecule has 1 heterocycles. The van der Waals surface area contributed by atoms with E-state index < -0.39 is 0 Å². The zero-order valence-corrected chi connectivity index (χ0v) is 11.7. The Balaban J connectivity index is 0.00000180. The van der Waals surface area contributed by atoms with Crippen LogP contribution in [-0.2, 0) is 12.2 Å². The van der Waals surface area contributed by atoms with Gasteiger partial charge in [-0.1, -0.05) is 30.0 Å². The summed E-state index contributed by atoms with van der Waals surface area (Å²) < 4.78 is 0. The number of fused-ring (bicyclic) bond motifs is 1. The molecule has 4 nitrogen and oxygen atoms in total. The van der Waals surface area contributed by atoms with Gasteiger partial charge in [-0.25, -0.2) is 0 Å². The Labute approximate surface area is 121 Å². The molecular formula is C13H13ClN4S. The average molecular weight is 293 g/mol. The van der Waals surface area contributed by atoms with E-state index in [2.05, 4.69) is 11.1 Å². The molecule has 0 unspecified atom stereocenters. The van der Waals surface area contributed by atoms with Crippen molar-refractivity contribution in [3.8, 4) is 6.07 Å². The van der Waals surface area contributed by atoms with E-state index in [1.54, 1.807) is 6.20 Å². The molecule has 0 aliphatic carbocycles. The molecule has 0 bridgehead atoms. The largest absolute Gasteiger partial charge is 0.379 e. The van der Waals surface area contributed by atoms with Crippen LogP contribution in [0.4, 0.5) is 0 Å². The number of nitrogens with zero attached hydrogens (tertiary/aromatic N) is 2. The molecule has 1 aromatic heterocycles. The summed E-state index contributed by atoms with van der Waals surface area (Å²) in [6.45, 7) is 0. The first-order valence-corrected chi connectivity index (χ1v) is 6.40. The summed E-state index contributed by atoms with van der Waals surface area (Å²) in [5, 5.41) is 17.3. The Hall–Kier alpha value is -1.77. The van der Waals surface area contributed by atoms with Crippen LogP contribution in [0.5, 0.6) is 0 Å². The van der Waals surface area contributed by atoms with E-state index >= 15 is 0 Å². The van der Waals surface area contributed by atoms with Crippen LogP contribution in [0.15, 0.2) is 30.5 Å². The van der Waals surface area contributed by atoms with Crippen LogP contribution in [0.3, 0.4) is 0 Å². The molecule has 6 heteroatoms. The third kappa shape index (κ3) is 3.60. The fourth-order valence-corrected chi connectivity index (χ4v) is 2.40. The normalized spacial score (nSPS) is 9.63. The number of nitrogens with one attached hydrogen (secondary N) is 1. The van der Waals surface area contributed by atoms with Gasteiger partial charge in [-0.2, -0.15) is 5.26 Å². The molecule has 0 radical (unpaired) electrons. The fraction of sp³-hybridized carbons (Fsp3) is 0.154. The lowest BCUT2D eigenvalue weighted by molar-refractivity contribution is 1.20. The molecule has 0 atom stereocenters. The van der Waals surface area contributed by atoms with Gasteiger partial charge in [0.2, 0.25) is 0 Å². The van der Waals surface area contributed by atoms with Crippen LogP contribution in [0.25, 0.3) is 10.9 Å². The van der Waals surface area contributed by atoms with E-state index in [4.69, 9.17) is 16.4 Å². The molecule has 0 fully saturated rings. The van der Waals surface area contributed by atoms with Crippen molar-refractivity contribution in [3.63, 3.8) is 0 Å². The first-order valence-electron chi connectivity index (χ1n) is 5.41. The number of hydrogen-bond donors (Lipinski definition) is 2. The summed E-state index contributed by atoms with van der Waals surface area (Å²) in [6.07, 6.45) is 2.05. The second kappa shape index (κ2) is 6.98. The van der Waals surface area contributed by atoms with E-state index in [1.807, 2.05) is 24.3 Å². The van der Waals surface area contributed by atoms with Crippen molar-refractivity contribution in [2.24, 2.45) is 5.73 Å². The Bertz CT molecular complexity index is 636. The summed E-state index contributed by atoms with van der Waals surface area (Å²) in [5.41, 5.74) is 8.16. The minimum absolute atomic E-state index is 0. The molecule has 0 aliphatic rings. The van der Waals surface area contributed by atoms with Crippen molar-refractivity contribution >= 4 is 40.2 Å². The maximum Gasteiger partial charge on any atom is 0.151 e. The number of nitrogens with two attached hydrogens (primary N) is 1. The number of pyridine rings is 1. The number of thioether (sulfide) groups is 1. The quantitative estimate of drug-likeness (QED) is 0.673. The topological polar surface area (TPSA) is 86.5 Å². The van der Waals surface area contributed by atoms with Gasteiger partial charge in [0.1, 0.15) is 0 Å². The Morgan fingerprint density at radius 3 is 2.89 bits per heavy atom. The van der Waals surface area contributed by atoms with Gasteiger partial charge in [0.05, 0.1) is 18.0 Å². The van der Waals surface area contributed by atoms with Gasteiger partial charge in [0.15, 0.2) is 5.17 Å². The second-order valence-corrected chi connectivity index (χ2v) is 4.78. The monoisotopic (exact) mass is 292 g/mol. The minimum Gasteiger partial charge on any atom is -0.379 e. The van der Waals surface area contributed by atoms with Crippen molar-refractivity contribution in [1.82, 2.24) is 4.98 Å². The van der Waals surface area contributed by atoms with Crippen molar-refractivity contribution in [3.05, 3.63) is 41.6 Å². The average Bonchev–Trinajstić information content (AvgIpc) is 2.38. The zero-order chi connectivity index (χ0) is 13.0. The highest BCUT2D eigenvalue weighted by atomic mass is 35.5. The maximum absolute atomic E-state index is 8.93. The Morgan fingerprint density at radius 2 is 2.21 bits per heavy atom. The lowest BCUT2D eigenvalue weighted by Gasteiger charge is -2.09. The molecule has 0 amide bonds. The third-order valence-corrected chi connectivity index (χ3v) is 3.38. The van der Waals surface area contributed by atoms with E-state index in [0.717, 1.165) is 22.0 Å². The van der Waals surface area contributed by atoms with Crippen LogP contribution < -0.4 is 5.73 Å². The summed E-state index contributed by atoms with van der Waals surface area (Å²) >= 11 is 1.26. The van der Waals surface area contributed by atoms with Gasteiger partial charge >= 0.3 is 0 Å². The first-order chi connectivity index (χ1) is 8.72. The summed E-state index contributed by atoms with van der Waals surface area (Å²) in [7, 11) is 0. The number of rotatable bonds is 3. The van der Waals surface area contributed by atoms with Crippen LogP contribution in [0.1, 0.15) is 11.1 Å². The number of benzene rings is 1. The number of amidine groups is 1. The molecule has 3 N–H and O–H groups in total. The molecule has 19 heavy (non-hydrogen) atoms. The molecule has 0 saturated heterocycles. The number of nitriles is 1. The van der Waals surface area contributed by atoms with E-state index in [-0.39, 0.29) is 17.6 Å². The van der Waals surface area contributed by atoms with Gasteiger partial charge < -0.3 is 5.73 Å². The standard InChI is InChI=1S/C13H12N4S.ClH/c14-6-5-11-10(8-18-13(15)16)4-3-9-2-1-7-17-12(9)11;/h1-4,7H,5,8H2,(H3,15,16);1H. The number of halogens is 1. The van der Waals surface area contributed by atoms with Crippen molar-refractivity contribution in [1.29, 1.82) is 10.7 Å². The molecule has 0 saturated carbocycles. The van der Waals surface area contributed by atoms with E-state index in [0.29, 0.717) is 12.2 Å². The predicted octanol–water partition coefficient (Wildman–Crippen LogP) is 2.85. The molecule has 2 aromatic rings. The van der Waals surface area contributed by atoms with Gasteiger partial charge in [0.25, 0.3) is 0 Å². The van der Waals surface area contributed by atoms with Crippen LogP contribution >= 0.6 is 24.2 Å². The summed E-state index contributed by atoms with van der Waals surface area (Å²) in [4.78, 5) is 4.34. The molecule has 2 rings (SSSR count). The van der Waals surface area contributed by atoms with Gasteiger partial charge in [-0.15, -0.1) is 12.4 Å². The van der Waals surface area contributed by atoms with E-state index in [1.165, 1.54) is 11.8 Å². The predicted molar refractivity (Wildman–Crippen MR) is 81.5 cm³/mol. The highest BCUT2D eigenvalue weighted by Crippen LogP contribution is 2.24. The Kier molecular flexibility index (Phi) is 5.61. The van der Waals surface area contributed by atoms with Crippen LogP contribution in [0, 0.1) is 16.7 Å². The maximum atomic E-state index is 8.93. The smallest absolute Gasteiger partial charge is 0.151 e. The first kappa shape index (κ1) is 15.3. The third-order valence-electron chi connectivity index (χ3n) is 2.62. The van der Waals surface area contributed by atoms with E-state index in [9.17, 15) is 0 Å². The van der Waals surface area contributed by atoms with Crippen molar-refractivity contribution in [2.45, 2.75) is 12.2 Å². The lowest BCUT2D eigenvalue weighted by Crippen LogP contribution is -2.05. The molecule has 0 spiro atoms. The molecule has 98 valence electrons. The van der Waals surface area contributed by atoms with Gasteiger partial charge in [-0.05, 0) is 17.2 Å². The fourth-order valence-electron chi connectivity index (χ4n) is 1.81. The zero-order valence-electron chi connectivity index (χ0n) is 10.1. The van der Waals surface area contributed by atoms with Crippen LogP contribution in [0.2, 0.25) is 0 Å². The molecule has 0 aliphatic heterocycles. The highest BCUT2D eigenvalue weighted by Gasteiger charge is 2.09. The second-order valence-electron chi connectivity index (χ2n) is 3.77. The SMILES string of the molecule is Cl.N#CCc1c(CSC(=N)N)ccc2cccnc12. The van der Waals surface area contributed by atoms with Crippen molar-refractivity contribution in [2.75, 3.05) is 0 Å². The van der Waals surface area contributed by atoms with Crippen molar-refractivity contribution < 1.29 is 0 Å². The van der Waals surface area contributed by atoms with Gasteiger partial charge in [0, 0.05) is 17.3 Å².